The lowest BCUT2D eigenvalue weighted by atomic mass is 10.0. The molecule has 1 aliphatic rings. The molecule has 10 heteroatoms. The molecular weight excluding hydrogens is 421 g/mol. The minimum Gasteiger partial charge on any atom is -0.355 e. The molecule has 0 radical (unpaired) electrons. The van der Waals surface area contributed by atoms with Gasteiger partial charge in [-0.3, -0.25) is 4.79 Å². The van der Waals surface area contributed by atoms with Crippen LogP contribution >= 0.6 is 0 Å². The van der Waals surface area contributed by atoms with Gasteiger partial charge in [0.1, 0.15) is 11.4 Å². The second kappa shape index (κ2) is 8.83. The van der Waals surface area contributed by atoms with Crippen molar-refractivity contribution in [2.24, 2.45) is 0 Å². The first-order valence-electron chi connectivity index (χ1n) is 9.97. The van der Waals surface area contributed by atoms with Crippen LogP contribution in [0.1, 0.15) is 27.0 Å². The highest BCUT2D eigenvalue weighted by atomic mass is 19.4. The first-order chi connectivity index (χ1) is 15.3. The second-order valence-corrected chi connectivity index (χ2v) is 7.24. The van der Waals surface area contributed by atoms with Crippen molar-refractivity contribution in [1.29, 1.82) is 0 Å². The molecule has 1 aliphatic heterocycles. The number of hydrogen-bond donors (Lipinski definition) is 4. The number of para-hydroxylation sites is 1. The van der Waals surface area contributed by atoms with Crippen LogP contribution in [-0.2, 0) is 19.1 Å². The molecular formula is C22H21F3N6O. The SMILES string of the molecule is CNC(=O)c1ccccc1Nc1nc(Nc2ccc3c(c2)CCNC3)ncc1C(F)(F)F. The van der Waals surface area contributed by atoms with Crippen molar-refractivity contribution in [2.45, 2.75) is 19.1 Å². The van der Waals surface area contributed by atoms with Gasteiger partial charge in [0.15, 0.2) is 0 Å². The topological polar surface area (TPSA) is 91.0 Å². The molecule has 1 aromatic heterocycles. The summed E-state index contributed by atoms with van der Waals surface area (Å²) in [6.45, 7) is 1.65. The van der Waals surface area contributed by atoms with E-state index in [1.807, 2.05) is 18.2 Å². The molecule has 2 aromatic carbocycles. The number of fused-ring (bicyclic) bond motifs is 1. The Morgan fingerprint density at radius 2 is 1.91 bits per heavy atom. The van der Waals surface area contributed by atoms with Crippen LogP contribution in [0, 0.1) is 0 Å². The van der Waals surface area contributed by atoms with E-state index in [2.05, 4.69) is 31.2 Å². The van der Waals surface area contributed by atoms with Crippen LogP contribution in [0.4, 0.5) is 36.3 Å². The summed E-state index contributed by atoms with van der Waals surface area (Å²) in [4.78, 5) is 20.0. The maximum Gasteiger partial charge on any atom is 0.421 e. The van der Waals surface area contributed by atoms with Gasteiger partial charge >= 0.3 is 6.18 Å². The molecule has 0 aliphatic carbocycles. The maximum absolute atomic E-state index is 13.6. The number of anilines is 4. The molecule has 166 valence electrons. The molecule has 4 rings (SSSR count). The van der Waals surface area contributed by atoms with Crippen molar-refractivity contribution < 1.29 is 18.0 Å². The smallest absolute Gasteiger partial charge is 0.355 e. The average molecular weight is 442 g/mol. The molecule has 0 saturated carbocycles. The lowest BCUT2D eigenvalue weighted by Crippen LogP contribution is -2.23. The molecule has 0 atom stereocenters. The highest BCUT2D eigenvalue weighted by Crippen LogP contribution is 2.36. The van der Waals surface area contributed by atoms with Gasteiger partial charge in [-0.15, -0.1) is 0 Å². The summed E-state index contributed by atoms with van der Waals surface area (Å²) in [5, 5.41) is 11.4. The predicted molar refractivity (Wildman–Crippen MR) is 115 cm³/mol. The van der Waals surface area contributed by atoms with Gasteiger partial charge in [-0.25, -0.2) is 4.98 Å². The Labute approximate surface area is 182 Å². The van der Waals surface area contributed by atoms with E-state index in [1.165, 1.54) is 30.3 Å². The van der Waals surface area contributed by atoms with Crippen molar-refractivity contribution in [2.75, 3.05) is 24.2 Å². The summed E-state index contributed by atoms with van der Waals surface area (Å²) >= 11 is 0. The molecule has 3 aromatic rings. The number of hydrogen-bond acceptors (Lipinski definition) is 6. The number of alkyl halides is 3. The molecule has 0 fully saturated rings. The molecule has 7 nitrogen and oxygen atoms in total. The minimum atomic E-state index is -4.68. The second-order valence-electron chi connectivity index (χ2n) is 7.24. The summed E-state index contributed by atoms with van der Waals surface area (Å²) < 4.78 is 40.8. The molecule has 2 heterocycles. The van der Waals surface area contributed by atoms with Crippen LogP contribution in [0.2, 0.25) is 0 Å². The third-order valence-electron chi connectivity index (χ3n) is 5.09. The van der Waals surface area contributed by atoms with Gasteiger partial charge in [-0.05, 0) is 48.4 Å². The van der Waals surface area contributed by atoms with Gasteiger partial charge in [-0.2, -0.15) is 18.2 Å². The van der Waals surface area contributed by atoms with E-state index in [9.17, 15) is 18.0 Å². The maximum atomic E-state index is 13.6. The zero-order valence-electron chi connectivity index (χ0n) is 17.2. The zero-order chi connectivity index (χ0) is 22.7. The van der Waals surface area contributed by atoms with E-state index in [4.69, 9.17) is 0 Å². The van der Waals surface area contributed by atoms with Crippen molar-refractivity contribution in [3.8, 4) is 0 Å². The normalized spacial score (nSPS) is 13.2. The van der Waals surface area contributed by atoms with Gasteiger partial charge in [0.2, 0.25) is 5.95 Å². The van der Waals surface area contributed by atoms with Gasteiger partial charge in [-0.1, -0.05) is 18.2 Å². The van der Waals surface area contributed by atoms with Crippen molar-refractivity contribution in [1.82, 2.24) is 20.6 Å². The number of benzene rings is 2. The zero-order valence-corrected chi connectivity index (χ0v) is 17.2. The van der Waals surface area contributed by atoms with E-state index in [0.717, 1.165) is 25.7 Å². The lowest BCUT2D eigenvalue weighted by molar-refractivity contribution is -0.137. The monoisotopic (exact) mass is 442 g/mol. The minimum absolute atomic E-state index is 0.00630. The number of halogens is 3. The highest BCUT2D eigenvalue weighted by molar-refractivity contribution is 6.00. The number of carbonyl (C=O) groups excluding carboxylic acids is 1. The van der Waals surface area contributed by atoms with Crippen LogP contribution in [-0.4, -0.2) is 29.5 Å². The molecule has 0 bridgehead atoms. The largest absolute Gasteiger partial charge is 0.421 e. The number of aromatic nitrogens is 2. The molecule has 0 saturated heterocycles. The number of nitrogens with one attached hydrogen (secondary N) is 4. The Hall–Kier alpha value is -3.66. The van der Waals surface area contributed by atoms with Crippen molar-refractivity contribution in [3.05, 3.63) is 70.9 Å². The molecule has 4 N–H and O–H groups in total. The Morgan fingerprint density at radius 1 is 1.09 bits per heavy atom. The van der Waals surface area contributed by atoms with Crippen LogP contribution in [0.25, 0.3) is 0 Å². The molecule has 0 spiro atoms. The van der Waals surface area contributed by atoms with Gasteiger partial charge < -0.3 is 21.3 Å². The Balaban J connectivity index is 1.67. The van der Waals surface area contributed by atoms with E-state index >= 15 is 0 Å². The fraction of sp³-hybridized carbons (Fsp3) is 0.227. The van der Waals surface area contributed by atoms with E-state index in [-0.39, 0.29) is 17.2 Å². The van der Waals surface area contributed by atoms with Crippen molar-refractivity contribution >= 4 is 29.0 Å². The van der Waals surface area contributed by atoms with Crippen LogP contribution in [0.5, 0.6) is 0 Å². The highest BCUT2D eigenvalue weighted by Gasteiger charge is 2.35. The van der Waals surface area contributed by atoms with E-state index < -0.39 is 23.5 Å². The summed E-state index contributed by atoms with van der Waals surface area (Å²) in [5.74, 6) is -0.877. The molecule has 32 heavy (non-hydrogen) atoms. The Kier molecular flexibility index (Phi) is 5.95. The Bertz CT molecular complexity index is 1150. The third-order valence-corrected chi connectivity index (χ3v) is 5.09. The molecule has 1 amide bonds. The first-order valence-corrected chi connectivity index (χ1v) is 9.97. The number of amides is 1. The van der Waals surface area contributed by atoms with Crippen molar-refractivity contribution in [3.63, 3.8) is 0 Å². The van der Waals surface area contributed by atoms with Gasteiger partial charge in [0.25, 0.3) is 5.91 Å². The Morgan fingerprint density at radius 3 is 2.69 bits per heavy atom. The standard InChI is InChI=1S/C22H21F3N6O/c1-26-20(32)16-4-2-3-5-18(16)30-19-17(22(23,24)25)12-28-21(31-19)29-15-7-6-14-11-27-9-8-13(14)10-15/h2-7,10,12,27H,8-9,11H2,1H3,(H,26,32)(H2,28,29,30,31). The number of nitrogens with zero attached hydrogens (tertiary/aromatic N) is 2. The fourth-order valence-corrected chi connectivity index (χ4v) is 3.48. The van der Waals surface area contributed by atoms with Gasteiger partial charge in [0.05, 0.1) is 11.3 Å². The average Bonchev–Trinajstić information content (AvgIpc) is 2.78. The number of rotatable bonds is 5. The first kappa shape index (κ1) is 21.6. The lowest BCUT2D eigenvalue weighted by Gasteiger charge is -2.19. The summed E-state index contributed by atoms with van der Waals surface area (Å²) in [7, 11) is 1.45. The van der Waals surface area contributed by atoms with Crippen LogP contribution in [0.3, 0.4) is 0 Å². The summed E-state index contributed by atoms with van der Waals surface area (Å²) in [6, 6.07) is 12.0. The third kappa shape index (κ3) is 4.65. The fourth-order valence-electron chi connectivity index (χ4n) is 3.48. The van der Waals surface area contributed by atoms with E-state index in [0.29, 0.717) is 5.69 Å². The predicted octanol–water partition coefficient (Wildman–Crippen LogP) is 3.99. The number of carbonyl (C=O) groups is 1. The molecule has 0 unspecified atom stereocenters. The quantitative estimate of drug-likeness (QED) is 0.478. The van der Waals surface area contributed by atoms with Gasteiger partial charge in [0, 0.05) is 25.5 Å². The summed E-state index contributed by atoms with van der Waals surface area (Å²) in [5.41, 5.74) is 2.39. The van der Waals surface area contributed by atoms with Crippen LogP contribution < -0.4 is 21.3 Å². The summed E-state index contributed by atoms with van der Waals surface area (Å²) in [6.07, 6.45) is -3.09. The van der Waals surface area contributed by atoms with Crippen LogP contribution in [0.15, 0.2) is 48.7 Å². The van der Waals surface area contributed by atoms with E-state index in [1.54, 1.807) is 12.1 Å².